The van der Waals surface area contributed by atoms with E-state index in [0.29, 0.717) is 6.54 Å². The average Bonchev–Trinajstić information content (AvgIpc) is 2.27. The van der Waals surface area contributed by atoms with Gasteiger partial charge in [0.2, 0.25) is 0 Å². The van der Waals surface area contributed by atoms with E-state index in [1.165, 1.54) is 12.1 Å². The first-order valence-corrected chi connectivity index (χ1v) is 6.33. The number of nitrogens with one attached hydrogen (secondary N) is 2. The molecular formula is C14H22FN3O. The third kappa shape index (κ3) is 6.20. The third-order valence-electron chi connectivity index (χ3n) is 2.52. The monoisotopic (exact) mass is 267 g/mol. The molecule has 0 aliphatic rings. The molecule has 0 aliphatic heterocycles. The van der Waals surface area contributed by atoms with Crippen molar-refractivity contribution in [2.45, 2.75) is 33.2 Å². The van der Waals surface area contributed by atoms with Crippen LogP contribution in [0.2, 0.25) is 0 Å². The number of amides is 2. The summed E-state index contributed by atoms with van der Waals surface area (Å²) in [5, 5.41) is 5.09. The van der Waals surface area contributed by atoms with Crippen molar-refractivity contribution in [3.8, 4) is 0 Å². The van der Waals surface area contributed by atoms with E-state index in [1.807, 2.05) is 0 Å². The molecule has 0 bridgehead atoms. The molecule has 0 spiro atoms. The van der Waals surface area contributed by atoms with Crippen LogP contribution in [0.5, 0.6) is 0 Å². The minimum Gasteiger partial charge on any atom is -0.336 e. The lowest BCUT2D eigenvalue weighted by Crippen LogP contribution is -2.41. The Balaban J connectivity index is 2.38. The van der Waals surface area contributed by atoms with Gasteiger partial charge in [0.15, 0.2) is 0 Å². The Bertz CT molecular complexity index is 429. The minimum absolute atomic E-state index is 0.114. The van der Waals surface area contributed by atoms with Gasteiger partial charge in [-0.05, 0) is 24.0 Å². The fraction of sp³-hybridized carbons (Fsp3) is 0.500. The van der Waals surface area contributed by atoms with Crippen molar-refractivity contribution in [2.75, 3.05) is 11.9 Å². The molecule has 1 rings (SSSR count). The lowest BCUT2D eigenvalue weighted by atomic mass is 9.88. The molecule has 1 aromatic carbocycles. The van der Waals surface area contributed by atoms with Gasteiger partial charge in [0.1, 0.15) is 5.82 Å². The van der Waals surface area contributed by atoms with Crippen molar-refractivity contribution < 1.29 is 9.18 Å². The zero-order valence-corrected chi connectivity index (χ0v) is 11.7. The summed E-state index contributed by atoms with van der Waals surface area (Å²) in [4.78, 5) is 11.6. The molecule has 5 heteroatoms. The molecule has 2 amide bonds. The second-order valence-electron chi connectivity index (χ2n) is 5.84. The topological polar surface area (TPSA) is 67.1 Å². The normalized spacial score (nSPS) is 12.9. The summed E-state index contributed by atoms with van der Waals surface area (Å²) in [7, 11) is 0. The molecule has 106 valence electrons. The van der Waals surface area contributed by atoms with Crippen LogP contribution in [0, 0.1) is 11.2 Å². The fourth-order valence-corrected chi connectivity index (χ4v) is 1.81. The SMILES string of the molecule is CC(C)(C)CC(N)CNC(=O)Nc1ccccc1F. The van der Waals surface area contributed by atoms with Gasteiger partial charge in [0, 0.05) is 12.6 Å². The summed E-state index contributed by atoms with van der Waals surface area (Å²) < 4.78 is 13.3. The van der Waals surface area contributed by atoms with Gasteiger partial charge >= 0.3 is 6.03 Å². The Morgan fingerprint density at radius 2 is 2.00 bits per heavy atom. The molecule has 1 atom stereocenters. The number of rotatable bonds is 4. The molecule has 0 heterocycles. The Morgan fingerprint density at radius 1 is 1.37 bits per heavy atom. The number of urea groups is 1. The zero-order chi connectivity index (χ0) is 14.5. The van der Waals surface area contributed by atoms with E-state index in [2.05, 4.69) is 31.4 Å². The van der Waals surface area contributed by atoms with Gasteiger partial charge in [-0.15, -0.1) is 0 Å². The third-order valence-corrected chi connectivity index (χ3v) is 2.52. The first-order valence-electron chi connectivity index (χ1n) is 6.33. The van der Waals surface area contributed by atoms with Crippen molar-refractivity contribution in [2.24, 2.45) is 11.1 Å². The number of nitrogens with two attached hydrogens (primary N) is 1. The van der Waals surface area contributed by atoms with E-state index in [1.54, 1.807) is 12.1 Å². The molecule has 1 unspecified atom stereocenters. The van der Waals surface area contributed by atoms with Crippen LogP contribution in [0.3, 0.4) is 0 Å². The predicted molar refractivity (Wildman–Crippen MR) is 75.5 cm³/mol. The van der Waals surface area contributed by atoms with E-state index in [-0.39, 0.29) is 17.1 Å². The van der Waals surface area contributed by atoms with E-state index < -0.39 is 11.8 Å². The zero-order valence-electron chi connectivity index (χ0n) is 11.7. The number of halogens is 1. The van der Waals surface area contributed by atoms with Crippen molar-refractivity contribution in [1.82, 2.24) is 5.32 Å². The quantitative estimate of drug-likeness (QED) is 0.785. The second kappa shape index (κ2) is 6.52. The smallest absolute Gasteiger partial charge is 0.319 e. The first-order chi connectivity index (χ1) is 8.78. The summed E-state index contributed by atoms with van der Waals surface area (Å²) in [6.07, 6.45) is 0.799. The lowest BCUT2D eigenvalue weighted by molar-refractivity contribution is 0.249. The Labute approximate surface area is 113 Å². The summed E-state index contributed by atoms with van der Waals surface area (Å²) in [6, 6.07) is 5.45. The highest BCUT2D eigenvalue weighted by molar-refractivity contribution is 5.89. The van der Waals surface area contributed by atoms with Crippen LogP contribution < -0.4 is 16.4 Å². The van der Waals surface area contributed by atoms with Gasteiger partial charge < -0.3 is 16.4 Å². The number of anilines is 1. The molecule has 19 heavy (non-hydrogen) atoms. The number of benzene rings is 1. The Kier molecular flexibility index (Phi) is 5.30. The van der Waals surface area contributed by atoms with E-state index in [0.717, 1.165) is 6.42 Å². The van der Waals surface area contributed by atoms with Crippen LogP contribution in [0.1, 0.15) is 27.2 Å². The van der Waals surface area contributed by atoms with Gasteiger partial charge in [-0.1, -0.05) is 32.9 Å². The van der Waals surface area contributed by atoms with E-state index >= 15 is 0 Å². The number of hydrogen-bond acceptors (Lipinski definition) is 2. The number of carbonyl (C=O) groups is 1. The van der Waals surface area contributed by atoms with Gasteiger partial charge in [0.05, 0.1) is 5.69 Å². The average molecular weight is 267 g/mol. The number of hydrogen-bond donors (Lipinski definition) is 3. The lowest BCUT2D eigenvalue weighted by Gasteiger charge is -2.23. The molecule has 1 aromatic rings. The summed E-state index contributed by atoms with van der Waals surface area (Å²) in [6.45, 7) is 6.63. The van der Waals surface area contributed by atoms with E-state index in [9.17, 15) is 9.18 Å². The predicted octanol–water partition coefficient (Wildman–Crippen LogP) is 2.71. The summed E-state index contributed by atoms with van der Waals surface area (Å²) in [5.41, 5.74) is 6.19. The molecule has 0 fully saturated rings. The largest absolute Gasteiger partial charge is 0.336 e. The van der Waals surface area contributed by atoms with E-state index in [4.69, 9.17) is 5.73 Å². The second-order valence-corrected chi connectivity index (χ2v) is 5.84. The molecule has 4 N–H and O–H groups in total. The molecule has 0 radical (unpaired) electrons. The molecule has 4 nitrogen and oxygen atoms in total. The maximum absolute atomic E-state index is 13.3. The fourth-order valence-electron chi connectivity index (χ4n) is 1.81. The van der Waals surface area contributed by atoms with Crippen LogP contribution in [0.4, 0.5) is 14.9 Å². The maximum atomic E-state index is 13.3. The van der Waals surface area contributed by atoms with Crippen LogP contribution in [-0.4, -0.2) is 18.6 Å². The van der Waals surface area contributed by atoms with Crippen molar-refractivity contribution >= 4 is 11.7 Å². The number of carbonyl (C=O) groups excluding carboxylic acids is 1. The molecule has 0 saturated carbocycles. The molecular weight excluding hydrogens is 245 g/mol. The van der Waals surface area contributed by atoms with Crippen molar-refractivity contribution in [1.29, 1.82) is 0 Å². The Hall–Kier alpha value is -1.62. The highest BCUT2D eigenvalue weighted by Crippen LogP contribution is 2.19. The summed E-state index contributed by atoms with van der Waals surface area (Å²) in [5.74, 6) is -0.461. The molecule has 0 aliphatic carbocycles. The van der Waals surface area contributed by atoms with Crippen molar-refractivity contribution in [3.63, 3.8) is 0 Å². The minimum atomic E-state index is -0.461. The first kappa shape index (κ1) is 15.4. The van der Waals surface area contributed by atoms with Gasteiger partial charge in [-0.3, -0.25) is 0 Å². The van der Waals surface area contributed by atoms with Crippen molar-refractivity contribution in [3.05, 3.63) is 30.1 Å². The van der Waals surface area contributed by atoms with Crippen LogP contribution >= 0.6 is 0 Å². The summed E-state index contributed by atoms with van der Waals surface area (Å²) >= 11 is 0. The highest BCUT2D eigenvalue weighted by atomic mass is 19.1. The van der Waals surface area contributed by atoms with Crippen LogP contribution in [0.15, 0.2) is 24.3 Å². The number of para-hydroxylation sites is 1. The highest BCUT2D eigenvalue weighted by Gasteiger charge is 2.16. The standard InChI is InChI=1S/C14H22FN3O/c1-14(2,3)8-10(16)9-17-13(19)18-12-7-5-4-6-11(12)15/h4-7,10H,8-9,16H2,1-3H3,(H2,17,18,19). The van der Waals surface area contributed by atoms with Crippen LogP contribution in [0.25, 0.3) is 0 Å². The Morgan fingerprint density at radius 3 is 2.58 bits per heavy atom. The van der Waals surface area contributed by atoms with Gasteiger partial charge in [0.25, 0.3) is 0 Å². The molecule has 0 saturated heterocycles. The van der Waals surface area contributed by atoms with Gasteiger partial charge in [-0.25, -0.2) is 9.18 Å². The molecule has 0 aromatic heterocycles. The maximum Gasteiger partial charge on any atom is 0.319 e. The van der Waals surface area contributed by atoms with Crippen LogP contribution in [-0.2, 0) is 0 Å². The van der Waals surface area contributed by atoms with Gasteiger partial charge in [-0.2, -0.15) is 0 Å².